The average Bonchev–Trinajstić information content (AvgIpc) is 3.02. The molecule has 5 heteroatoms. The molecule has 3 rings (SSSR count). The minimum Gasteiger partial charge on any atom is -0.383 e. The Hall–Kier alpha value is -2.24. The predicted octanol–water partition coefficient (Wildman–Crippen LogP) is 4.76. The minimum atomic E-state index is 0.255. The van der Waals surface area contributed by atoms with Gasteiger partial charge in [0.1, 0.15) is 0 Å². The van der Waals surface area contributed by atoms with Gasteiger partial charge in [0.2, 0.25) is 0 Å². The number of ether oxygens (including phenoxy) is 1. The summed E-state index contributed by atoms with van der Waals surface area (Å²) in [6.45, 7) is 11.8. The van der Waals surface area contributed by atoms with Crippen molar-refractivity contribution in [1.29, 1.82) is 0 Å². The highest BCUT2D eigenvalue weighted by molar-refractivity contribution is 5.84. The van der Waals surface area contributed by atoms with Crippen molar-refractivity contribution in [2.45, 2.75) is 59.5 Å². The van der Waals surface area contributed by atoms with Gasteiger partial charge in [-0.05, 0) is 55.5 Å². The molecule has 0 saturated heterocycles. The molecular formula is C23H32N4O. The third-order valence-electron chi connectivity index (χ3n) is 5.37. The molecular weight excluding hydrogens is 348 g/mol. The van der Waals surface area contributed by atoms with Gasteiger partial charge in [0.15, 0.2) is 0 Å². The van der Waals surface area contributed by atoms with Gasteiger partial charge in [-0.15, -0.1) is 0 Å². The van der Waals surface area contributed by atoms with Crippen LogP contribution in [0.1, 0.15) is 62.2 Å². The van der Waals surface area contributed by atoms with E-state index in [-0.39, 0.29) is 6.04 Å². The number of fused-ring (bicyclic) bond motifs is 1. The Kier molecular flexibility index (Phi) is 6.16. The summed E-state index contributed by atoms with van der Waals surface area (Å²) in [4.78, 5) is 9.92. The zero-order valence-corrected chi connectivity index (χ0v) is 17.9. The number of pyridine rings is 2. The number of aryl methyl sites for hydroxylation is 2. The summed E-state index contributed by atoms with van der Waals surface area (Å²) in [5.41, 5.74) is 14.7. The van der Waals surface area contributed by atoms with Gasteiger partial charge in [-0.1, -0.05) is 20.8 Å². The van der Waals surface area contributed by atoms with Crippen LogP contribution in [0.4, 0.5) is 0 Å². The molecule has 1 atom stereocenters. The molecule has 0 amide bonds. The Bertz CT molecular complexity index is 974. The summed E-state index contributed by atoms with van der Waals surface area (Å²) in [6.07, 6.45) is 3.08. The van der Waals surface area contributed by atoms with Crippen LogP contribution < -0.4 is 5.73 Å². The van der Waals surface area contributed by atoms with Crippen molar-refractivity contribution in [3.8, 4) is 11.3 Å². The third-order valence-corrected chi connectivity index (χ3v) is 5.37. The van der Waals surface area contributed by atoms with Crippen LogP contribution in [0.3, 0.4) is 0 Å². The van der Waals surface area contributed by atoms with Gasteiger partial charge in [-0.25, -0.2) is 4.98 Å². The molecule has 0 aromatic carbocycles. The maximum absolute atomic E-state index is 6.06. The Morgan fingerprint density at radius 2 is 1.93 bits per heavy atom. The van der Waals surface area contributed by atoms with Gasteiger partial charge < -0.3 is 15.0 Å². The number of nitrogens with zero attached hydrogens (tertiary/aromatic N) is 3. The second kappa shape index (κ2) is 8.41. The molecule has 0 unspecified atom stereocenters. The molecule has 3 heterocycles. The summed E-state index contributed by atoms with van der Waals surface area (Å²) >= 11 is 0. The van der Waals surface area contributed by atoms with E-state index >= 15 is 0 Å². The number of methoxy groups -OCH3 is 1. The van der Waals surface area contributed by atoms with E-state index in [9.17, 15) is 0 Å². The number of aromatic nitrogens is 3. The van der Waals surface area contributed by atoms with Crippen molar-refractivity contribution in [3.05, 3.63) is 46.9 Å². The van der Waals surface area contributed by atoms with E-state index in [0.29, 0.717) is 19.1 Å². The first-order chi connectivity index (χ1) is 13.4. The lowest BCUT2D eigenvalue weighted by Crippen LogP contribution is -2.10. The number of hydrogen-bond donors (Lipinski definition) is 1. The Labute approximate surface area is 167 Å². The van der Waals surface area contributed by atoms with E-state index in [1.807, 2.05) is 0 Å². The molecule has 0 radical (unpaired) electrons. The maximum atomic E-state index is 6.06. The lowest BCUT2D eigenvalue weighted by molar-refractivity contribution is 0.164. The largest absolute Gasteiger partial charge is 0.383 e. The SMILES string of the molecule is CCc1cc2c(nc1-c1ccc(C(C)C)nc1CN)c(C)cn2[C@@H](C)COC. The smallest absolute Gasteiger partial charge is 0.0917 e. The molecule has 0 saturated carbocycles. The van der Waals surface area contributed by atoms with Crippen LogP contribution >= 0.6 is 0 Å². The molecule has 3 aromatic heterocycles. The predicted molar refractivity (Wildman–Crippen MR) is 116 cm³/mol. The average molecular weight is 381 g/mol. The first-order valence-electron chi connectivity index (χ1n) is 10.1. The highest BCUT2D eigenvalue weighted by Gasteiger charge is 2.18. The van der Waals surface area contributed by atoms with E-state index in [1.54, 1.807) is 7.11 Å². The second-order valence-corrected chi connectivity index (χ2v) is 7.83. The molecule has 150 valence electrons. The van der Waals surface area contributed by atoms with Crippen LogP contribution in [0.5, 0.6) is 0 Å². The van der Waals surface area contributed by atoms with Crippen molar-refractivity contribution in [3.63, 3.8) is 0 Å². The first-order valence-corrected chi connectivity index (χ1v) is 10.1. The normalized spacial score (nSPS) is 12.9. The summed E-state index contributed by atoms with van der Waals surface area (Å²) in [5.74, 6) is 0.374. The van der Waals surface area contributed by atoms with Gasteiger partial charge in [0.05, 0.1) is 35.1 Å². The number of nitrogens with two attached hydrogens (primary N) is 1. The van der Waals surface area contributed by atoms with Crippen molar-refractivity contribution < 1.29 is 4.74 Å². The Balaban J connectivity index is 2.21. The van der Waals surface area contributed by atoms with Crippen LogP contribution in [-0.4, -0.2) is 28.3 Å². The highest BCUT2D eigenvalue weighted by Crippen LogP contribution is 2.32. The molecule has 0 aliphatic heterocycles. The third kappa shape index (κ3) is 3.69. The lowest BCUT2D eigenvalue weighted by atomic mass is 9.99. The highest BCUT2D eigenvalue weighted by atomic mass is 16.5. The first kappa shape index (κ1) is 20.5. The topological polar surface area (TPSA) is 66.0 Å². The van der Waals surface area contributed by atoms with Crippen LogP contribution in [0.15, 0.2) is 24.4 Å². The van der Waals surface area contributed by atoms with Gasteiger partial charge in [-0.3, -0.25) is 4.98 Å². The van der Waals surface area contributed by atoms with Gasteiger partial charge >= 0.3 is 0 Å². The summed E-state index contributed by atoms with van der Waals surface area (Å²) in [6, 6.07) is 6.76. The van der Waals surface area contributed by atoms with E-state index in [2.05, 4.69) is 63.6 Å². The summed E-state index contributed by atoms with van der Waals surface area (Å²) in [5, 5.41) is 0. The van der Waals surface area contributed by atoms with Crippen LogP contribution in [-0.2, 0) is 17.7 Å². The molecule has 3 aromatic rings. The maximum Gasteiger partial charge on any atom is 0.0917 e. The van der Waals surface area contributed by atoms with Crippen LogP contribution in [0, 0.1) is 6.92 Å². The molecule has 5 nitrogen and oxygen atoms in total. The summed E-state index contributed by atoms with van der Waals surface area (Å²) < 4.78 is 7.64. The van der Waals surface area contributed by atoms with E-state index in [0.717, 1.165) is 40.1 Å². The summed E-state index contributed by atoms with van der Waals surface area (Å²) in [7, 11) is 1.74. The fourth-order valence-electron chi connectivity index (χ4n) is 3.77. The lowest BCUT2D eigenvalue weighted by Gasteiger charge is -2.17. The Morgan fingerprint density at radius 1 is 1.18 bits per heavy atom. The molecule has 0 aliphatic carbocycles. The van der Waals surface area contributed by atoms with Crippen molar-refractivity contribution in [2.75, 3.05) is 13.7 Å². The molecule has 0 aliphatic rings. The fourth-order valence-corrected chi connectivity index (χ4v) is 3.77. The van der Waals surface area contributed by atoms with Crippen molar-refractivity contribution >= 4 is 11.0 Å². The van der Waals surface area contributed by atoms with Crippen LogP contribution in [0.25, 0.3) is 22.3 Å². The second-order valence-electron chi connectivity index (χ2n) is 7.83. The van der Waals surface area contributed by atoms with E-state index < -0.39 is 0 Å². The zero-order valence-electron chi connectivity index (χ0n) is 17.9. The van der Waals surface area contributed by atoms with Crippen molar-refractivity contribution in [1.82, 2.24) is 14.5 Å². The molecule has 0 bridgehead atoms. The monoisotopic (exact) mass is 380 g/mol. The standard InChI is InChI=1S/C23H32N4O/c1-7-17-10-21-22(15(4)12-27(21)16(5)13-28-6)26-23(17)18-8-9-19(14(2)3)25-20(18)11-24/h8-10,12,14,16H,7,11,13,24H2,1-6H3/t16-/m0/s1. The molecule has 0 spiro atoms. The van der Waals surface area contributed by atoms with E-state index in [1.165, 1.54) is 11.1 Å². The van der Waals surface area contributed by atoms with Crippen molar-refractivity contribution in [2.24, 2.45) is 5.73 Å². The van der Waals surface area contributed by atoms with Gasteiger partial charge in [-0.2, -0.15) is 0 Å². The van der Waals surface area contributed by atoms with E-state index in [4.69, 9.17) is 20.4 Å². The Morgan fingerprint density at radius 3 is 2.54 bits per heavy atom. The zero-order chi connectivity index (χ0) is 20.4. The number of hydrogen-bond acceptors (Lipinski definition) is 4. The molecule has 2 N–H and O–H groups in total. The number of rotatable bonds is 7. The fraction of sp³-hybridized carbons (Fsp3) is 0.478. The quantitative estimate of drug-likeness (QED) is 0.642. The minimum absolute atomic E-state index is 0.255. The van der Waals surface area contributed by atoms with Gasteiger partial charge in [0, 0.05) is 31.1 Å². The molecule has 0 fully saturated rings. The molecule has 28 heavy (non-hydrogen) atoms. The van der Waals surface area contributed by atoms with Crippen LogP contribution in [0.2, 0.25) is 0 Å². The van der Waals surface area contributed by atoms with Gasteiger partial charge in [0.25, 0.3) is 0 Å².